The Balaban J connectivity index is -0.000000727. The van der Waals surface area contributed by atoms with Crippen molar-refractivity contribution in [2.24, 2.45) is 23.7 Å². The first-order valence-electron chi connectivity index (χ1n) is 19.1. The molecule has 3 nitrogen and oxygen atoms in total. The minimum atomic E-state index is 0. The molecule has 0 aliphatic heterocycles. The molecule has 0 aliphatic rings. The van der Waals surface area contributed by atoms with Gasteiger partial charge in [-0.2, -0.15) is 0 Å². The summed E-state index contributed by atoms with van der Waals surface area (Å²) in [4.78, 5) is 22.3. The van der Waals surface area contributed by atoms with Crippen molar-refractivity contribution >= 4 is 11.6 Å². The number of unbranched alkanes of at least 4 members (excludes halogenated alkanes) is 16. The van der Waals surface area contributed by atoms with Crippen molar-refractivity contribution in [3.63, 3.8) is 0 Å². The third-order valence-corrected chi connectivity index (χ3v) is 8.85. The summed E-state index contributed by atoms with van der Waals surface area (Å²) in [6, 6.07) is 0. The zero-order valence-corrected chi connectivity index (χ0v) is 31.0. The van der Waals surface area contributed by atoms with E-state index < -0.39 is 0 Å². The van der Waals surface area contributed by atoms with Crippen molar-refractivity contribution in [3.8, 4) is 0 Å². The summed E-state index contributed by atoms with van der Waals surface area (Å²) in [6.07, 6.45) is 34.3. The van der Waals surface area contributed by atoms with Crippen molar-refractivity contribution < 1.29 is 15.1 Å². The van der Waals surface area contributed by atoms with Crippen LogP contribution in [0.25, 0.3) is 0 Å². The molecule has 3 heteroatoms. The molecule has 0 saturated carbocycles. The topological polar surface area (TPSA) is 65.6 Å². The fourth-order valence-electron chi connectivity index (χ4n) is 6.40. The Kier molecular flexibility index (Phi) is 38.9. The molecule has 0 aromatic carbocycles. The zero-order chi connectivity index (χ0) is 31.8. The molecule has 43 heavy (non-hydrogen) atoms. The molecule has 2 N–H and O–H groups in total. The first kappa shape index (κ1) is 46.7. The summed E-state index contributed by atoms with van der Waals surface area (Å²) >= 11 is 0. The summed E-state index contributed by atoms with van der Waals surface area (Å²) in [7, 11) is 0. The third kappa shape index (κ3) is 41.3. The molecule has 2 atom stereocenters. The van der Waals surface area contributed by atoms with Gasteiger partial charge in [0.15, 0.2) is 0 Å². The average Bonchev–Trinajstić information content (AvgIpc) is 2.92. The predicted molar refractivity (Wildman–Crippen MR) is 193 cm³/mol. The quantitative estimate of drug-likeness (QED) is 0.0759. The summed E-state index contributed by atoms with van der Waals surface area (Å²) in [5.41, 5.74) is 0. The number of Topliss-reactive ketones (excluding diaryl/α,β-unsaturated/α-hetero) is 2. The largest absolute Gasteiger partial charge is 0.412 e. The number of ketones is 2. The molecular weight excluding hydrogens is 528 g/mol. The lowest BCUT2D eigenvalue weighted by atomic mass is 9.88. The molecule has 0 radical (unpaired) electrons. The summed E-state index contributed by atoms with van der Waals surface area (Å²) < 4.78 is 0. The Morgan fingerprint density at radius 1 is 0.419 bits per heavy atom. The molecule has 0 spiro atoms. The molecule has 0 fully saturated rings. The van der Waals surface area contributed by atoms with E-state index in [2.05, 4.69) is 41.5 Å². The molecule has 0 saturated heterocycles. The van der Waals surface area contributed by atoms with Gasteiger partial charge in [-0.05, 0) is 63.2 Å². The third-order valence-electron chi connectivity index (χ3n) is 8.85. The highest BCUT2D eigenvalue weighted by molar-refractivity contribution is 5.75. The highest BCUT2D eigenvalue weighted by Gasteiger charge is 2.13. The minimum absolute atomic E-state index is 0. The van der Waals surface area contributed by atoms with E-state index in [0.717, 1.165) is 49.4 Å². The predicted octanol–water partition coefficient (Wildman–Crippen LogP) is 13.1. The van der Waals surface area contributed by atoms with Gasteiger partial charge in [0.05, 0.1) is 0 Å². The molecule has 0 aromatic heterocycles. The monoisotopic (exact) mass is 611 g/mol. The molecule has 0 heterocycles. The maximum atomic E-state index is 11.2. The average molecular weight is 611 g/mol. The molecule has 0 amide bonds. The summed E-state index contributed by atoms with van der Waals surface area (Å²) in [6.45, 7) is 17.2. The normalized spacial score (nSPS) is 12.5. The molecule has 2 unspecified atom stereocenters. The second-order valence-corrected chi connectivity index (χ2v) is 14.7. The molecule has 0 aromatic rings. The van der Waals surface area contributed by atoms with Crippen molar-refractivity contribution in [1.82, 2.24) is 0 Å². The number of carbonyl (C=O) groups is 2. The van der Waals surface area contributed by atoms with Crippen LogP contribution in [-0.2, 0) is 9.59 Å². The van der Waals surface area contributed by atoms with E-state index in [1.54, 1.807) is 13.8 Å². The van der Waals surface area contributed by atoms with Crippen LogP contribution in [0.4, 0.5) is 0 Å². The highest BCUT2D eigenvalue weighted by atomic mass is 16.1. The number of rotatable bonds is 30. The minimum Gasteiger partial charge on any atom is -0.412 e. The highest BCUT2D eigenvalue weighted by Crippen LogP contribution is 2.25. The molecular formula is C40H82O3. The molecule has 0 rings (SSSR count). The van der Waals surface area contributed by atoms with Gasteiger partial charge in [-0.15, -0.1) is 0 Å². The van der Waals surface area contributed by atoms with Crippen LogP contribution in [0.5, 0.6) is 0 Å². The van der Waals surface area contributed by atoms with Crippen LogP contribution in [0.1, 0.15) is 222 Å². The van der Waals surface area contributed by atoms with Crippen molar-refractivity contribution in [2.45, 2.75) is 222 Å². The Labute approximate surface area is 272 Å². The van der Waals surface area contributed by atoms with E-state index in [0.29, 0.717) is 11.6 Å². The Morgan fingerprint density at radius 2 is 0.674 bits per heavy atom. The van der Waals surface area contributed by atoms with Crippen LogP contribution in [-0.4, -0.2) is 17.0 Å². The van der Waals surface area contributed by atoms with Gasteiger partial charge in [0.1, 0.15) is 11.6 Å². The Morgan fingerprint density at radius 3 is 0.907 bits per heavy atom. The smallest absolute Gasteiger partial charge is 0.129 e. The summed E-state index contributed by atoms with van der Waals surface area (Å²) in [5, 5.41) is 0. The van der Waals surface area contributed by atoms with E-state index in [4.69, 9.17) is 0 Å². The number of hydrogen-bond donors (Lipinski definition) is 0. The second-order valence-electron chi connectivity index (χ2n) is 14.7. The maximum Gasteiger partial charge on any atom is 0.129 e. The first-order valence-corrected chi connectivity index (χ1v) is 19.1. The SMILES string of the molecule is CCCCCCCCCCCC(CCC(C)=O)CC(C)C.CCCCCCCCCCCC(CCC(C)=O)CC(C)C.O. The van der Waals surface area contributed by atoms with Crippen LogP contribution in [0.15, 0.2) is 0 Å². The van der Waals surface area contributed by atoms with Gasteiger partial charge in [0, 0.05) is 12.8 Å². The van der Waals surface area contributed by atoms with Crippen LogP contribution in [0.3, 0.4) is 0 Å². The maximum absolute atomic E-state index is 11.2. The Bertz CT molecular complexity index is 518. The standard InChI is InChI=1S/2C20H40O.H2O/c2*1-5-6-7-8-9-10-11-12-13-14-20(17-18(2)3)16-15-19(4)21;/h2*18,20H,5-17H2,1-4H3;1H2. The van der Waals surface area contributed by atoms with E-state index in [1.165, 1.54) is 141 Å². The number of hydrogen-bond acceptors (Lipinski definition) is 2. The second kappa shape index (κ2) is 35.8. The van der Waals surface area contributed by atoms with E-state index in [-0.39, 0.29) is 5.48 Å². The van der Waals surface area contributed by atoms with Crippen LogP contribution < -0.4 is 0 Å². The van der Waals surface area contributed by atoms with Crippen molar-refractivity contribution in [2.75, 3.05) is 0 Å². The van der Waals surface area contributed by atoms with Crippen LogP contribution >= 0.6 is 0 Å². The van der Waals surface area contributed by atoms with E-state index in [1.807, 2.05) is 0 Å². The van der Waals surface area contributed by atoms with Gasteiger partial charge < -0.3 is 15.1 Å². The lowest BCUT2D eigenvalue weighted by Crippen LogP contribution is -2.07. The van der Waals surface area contributed by atoms with E-state index in [9.17, 15) is 9.59 Å². The lowest BCUT2D eigenvalue weighted by Gasteiger charge is -2.18. The van der Waals surface area contributed by atoms with Gasteiger partial charge in [0.2, 0.25) is 0 Å². The lowest BCUT2D eigenvalue weighted by molar-refractivity contribution is -0.118. The van der Waals surface area contributed by atoms with Gasteiger partial charge in [-0.1, -0.05) is 170 Å². The molecule has 260 valence electrons. The number of carbonyl (C=O) groups excluding carboxylic acids is 2. The van der Waals surface area contributed by atoms with Gasteiger partial charge in [0.25, 0.3) is 0 Å². The summed E-state index contributed by atoms with van der Waals surface area (Å²) in [5.74, 6) is 3.80. The van der Waals surface area contributed by atoms with Crippen LogP contribution in [0.2, 0.25) is 0 Å². The molecule has 0 bridgehead atoms. The molecule has 0 aliphatic carbocycles. The fourth-order valence-corrected chi connectivity index (χ4v) is 6.40. The fraction of sp³-hybridized carbons (Fsp3) is 0.950. The Hall–Kier alpha value is -0.700. The van der Waals surface area contributed by atoms with Crippen LogP contribution in [0, 0.1) is 23.7 Å². The van der Waals surface area contributed by atoms with Gasteiger partial charge in [-0.3, -0.25) is 0 Å². The van der Waals surface area contributed by atoms with Crippen molar-refractivity contribution in [3.05, 3.63) is 0 Å². The van der Waals surface area contributed by atoms with Crippen molar-refractivity contribution in [1.29, 1.82) is 0 Å². The first-order chi connectivity index (χ1) is 20.1. The van der Waals surface area contributed by atoms with Gasteiger partial charge >= 0.3 is 0 Å². The van der Waals surface area contributed by atoms with Gasteiger partial charge in [-0.25, -0.2) is 0 Å². The van der Waals surface area contributed by atoms with E-state index >= 15 is 0 Å². The zero-order valence-electron chi connectivity index (χ0n) is 31.0.